The molecule has 1 aromatic rings. The van der Waals surface area contributed by atoms with Crippen LogP contribution < -0.4 is 10.5 Å². The van der Waals surface area contributed by atoms with Crippen LogP contribution in [0.25, 0.3) is 0 Å². The van der Waals surface area contributed by atoms with Crippen LogP contribution >= 0.6 is 0 Å². The van der Waals surface area contributed by atoms with Gasteiger partial charge in [0.2, 0.25) is 10.0 Å². The van der Waals surface area contributed by atoms with Gasteiger partial charge in [0.25, 0.3) is 0 Å². The number of terminal acetylenes is 1. The molecule has 6 nitrogen and oxygen atoms in total. The van der Waals surface area contributed by atoms with Gasteiger partial charge < -0.3 is 5.73 Å². The lowest BCUT2D eigenvalue weighted by atomic mass is 10.2. The number of sulfonamides is 1. The normalized spacial score (nSPS) is 11.3. The molecule has 0 aliphatic rings. The van der Waals surface area contributed by atoms with Crippen molar-refractivity contribution in [2.75, 3.05) is 12.3 Å². The standard InChI is InChI=1S/C11H18N4O2S/c1-3-5-6-7-8-13-18(16,17)10-9-15(4-2)14-11(10)12/h1,9,13H,4-8H2,2H3,(H2,12,14). The maximum atomic E-state index is 11.9. The van der Waals surface area contributed by atoms with Crippen molar-refractivity contribution in [3.63, 3.8) is 0 Å². The monoisotopic (exact) mass is 270 g/mol. The molecule has 0 saturated heterocycles. The third kappa shape index (κ3) is 3.75. The Morgan fingerprint density at radius 1 is 1.56 bits per heavy atom. The zero-order chi connectivity index (χ0) is 13.6. The van der Waals surface area contributed by atoms with Crippen LogP contribution in [0.1, 0.15) is 26.2 Å². The van der Waals surface area contributed by atoms with E-state index in [-0.39, 0.29) is 10.7 Å². The van der Waals surface area contributed by atoms with Crippen LogP contribution in [0, 0.1) is 12.3 Å². The van der Waals surface area contributed by atoms with Gasteiger partial charge in [-0.2, -0.15) is 5.10 Å². The van der Waals surface area contributed by atoms with Crippen molar-refractivity contribution in [3.8, 4) is 12.3 Å². The number of rotatable bonds is 7. The van der Waals surface area contributed by atoms with Gasteiger partial charge in [0.05, 0.1) is 0 Å². The summed E-state index contributed by atoms with van der Waals surface area (Å²) in [6, 6.07) is 0. The lowest BCUT2D eigenvalue weighted by Gasteiger charge is -2.04. The zero-order valence-corrected chi connectivity index (χ0v) is 11.2. The van der Waals surface area contributed by atoms with E-state index < -0.39 is 10.0 Å². The second-order valence-corrected chi connectivity index (χ2v) is 5.53. The number of aryl methyl sites for hydroxylation is 1. The smallest absolute Gasteiger partial charge is 0.245 e. The Kier molecular flexibility index (Phi) is 5.19. The molecule has 0 aliphatic heterocycles. The van der Waals surface area contributed by atoms with Crippen LogP contribution in [0.5, 0.6) is 0 Å². The molecule has 1 heterocycles. The number of unbranched alkanes of at least 4 members (excludes halogenated alkanes) is 2. The van der Waals surface area contributed by atoms with Gasteiger partial charge in [0.1, 0.15) is 4.90 Å². The van der Waals surface area contributed by atoms with Crippen molar-refractivity contribution < 1.29 is 8.42 Å². The van der Waals surface area contributed by atoms with E-state index in [1.165, 1.54) is 10.9 Å². The summed E-state index contributed by atoms with van der Waals surface area (Å²) in [6.07, 6.45) is 8.68. The first-order chi connectivity index (χ1) is 8.51. The molecule has 0 atom stereocenters. The Hall–Kier alpha value is -1.52. The van der Waals surface area contributed by atoms with Gasteiger partial charge >= 0.3 is 0 Å². The highest BCUT2D eigenvalue weighted by Gasteiger charge is 2.20. The summed E-state index contributed by atoms with van der Waals surface area (Å²) in [7, 11) is -3.58. The van der Waals surface area contributed by atoms with Crippen LogP contribution in [-0.2, 0) is 16.6 Å². The van der Waals surface area contributed by atoms with Gasteiger partial charge in [-0.25, -0.2) is 13.1 Å². The Labute approximate surface area is 108 Å². The third-order valence-corrected chi connectivity index (χ3v) is 3.89. The summed E-state index contributed by atoms with van der Waals surface area (Å²) in [5.74, 6) is 2.53. The Morgan fingerprint density at radius 2 is 2.28 bits per heavy atom. The molecule has 0 fully saturated rings. The molecule has 7 heteroatoms. The molecular weight excluding hydrogens is 252 g/mol. The van der Waals surface area contributed by atoms with Crippen molar-refractivity contribution in [2.45, 2.75) is 37.6 Å². The zero-order valence-electron chi connectivity index (χ0n) is 10.4. The van der Waals surface area contributed by atoms with Gasteiger partial charge in [-0.1, -0.05) is 0 Å². The Balaban J connectivity index is 2.63. The lowest BCUT2D eigenvalue weighted by Crippen LogP contribution is -2.25. The highest BCUT2D eigenvalue weighted by atomic mass is 32.2. The molecule has 0 aromatic carbocycles. The fraction of sp³-hybridized carbons (Fsp3) is 0.545. The predicted molar refractivity (Wildman–Crippen MR) is 70.2 cm³/mol. The minimum absolute atomic E-state index is 0.0213. The van der Waals surface area contributed by atoms with Crippen molar-refractivity contribution in [1.82, 2.24) is 14.5 Å². The van der Waals surface area contributed by atoms with Crippen LogP contribution in [-0.4, -0.2) is 24.7 Å². The maximum absolute atomic E-state index is 11.9. The minimum Gasteiger partial charge on any atom is -0.381 e. The fourth-order valence-corrected chi connectivity index (χ4v) is 2.57. The second kappa shape index (κ2) is 6.42. The van der Waals surface area contributed by atoms with Gasteiger partial charge in [0.15, 0.2) is 5.82 Å². The first-order valence-corrected chi connectivity index (χ1v) is 7.25. The van der Waals surface area contributed by atoms with Gasteiger partial charge in [-0.05, 0) is 19.8 Å². The number of hydrogen-bond acceptors (Lipinski definition) is 4. The number of anilines is 1. The van der Waals surface area contributed by atoms with E-state index >= 15 is 0 Å². The lowest BCUT2D eigenvalue weighted by molar-refractivity contribution is 0.577. The van der Waals surface area contributed by atoms with E-state index in [9.17, 15) is 8.42 Å². The summed E-state index contributed by atoms with van der Waals surface area (Å²) < 4.78 is 27.8. The number of nitrogen functional groups attached to an aromatic ring is 1. The first kappa shape index (κ1) is 14.5. The SMILES string of the molecule is C#CCCCCNS(=O)(=O)c1cn(CC)nc1N. The number of hydrogen-bond donors (Lipinski definition) is 2. The first-order valence-electron chi connectivity index (χ1n) is 5.77. The molecule has 18 heavy (non-hydrogen) atoms. The highest BCUT2D eigenvalue weighted by molar-refractivity contribution is 7.89. The minimum atomic E-state index is -3.58. The number of aromatic nitrogens is 2. The van der Waals surface area contributed by atoms with Crippen molar-refractivity contribution in [3.05, 3.63) is 6.20 Å². The summed E-state index contributed by atoms with van der Waals surface area (Å²) in [6.45, 7) is 2.78. The molecule has 1 rings (SSSR count). The Bertz CT molecular complexity index is 528. The third-order valence-electron chi connectivity index (χ3n) is 2.41. The van der Waals surface area contributed by atoms with Gasteiger partial charge in [0, 0.05) is 25.7 Å². The Morgan fingerprint density at radius 3 is 2.83 bits per heavy atom. The predicted octanol–water partition coefficient (Wildman–Crippen LogP) is 0.567. The number of nitrogens with one attached hydrogen (secondary N) is 1. The van der Waals surface area contributed by atoms with E-state index in [1.807, 2.05) is 6.92 Å². The van der Waals surface area contributed by atoms with Crippen molar-refractivity contribution in [1.29, 1.82) is 0 Å². The van der Waals surface area contributed by atoms with Crippen LogP contribution in [0.4, 0.5) is 5.82 Å². The molecule has 0 radical (unpaired) electrons. The van der Waals surface area contributed by atoms with E-state index in [2.05, 4.69) is 15.7 Å². The summed E-state index contributed by atoms with van der Waals surface area (Å²) in [5, 5.41) is 3.90. The number of nitrogens with two attached hydrogens (primary N) is 1. The van der Waals surface area contributed by atoms with Gasteiger partial charge in [-0.15, -0.1) is 12.3 Å². The topological polar surface area (TPSA) is 90.0 Å². The maximum Gasteiger partial charge on any atom is 0.245 e. The van der Waals surface area contributed by atoms with E-state index in [0.29, 0.717) is 25.9 Å². The molecule has 0 amide bonds. The summed E-state index contributed by atoms with van der Waals surface area (Å²) >= 11 is 0. The molecule has 0 bridgehead atoms. The molecule has 0 unspecified atom stereocenters. The van der Waals surface area contributed by atoms with E-state index in [4.69, 9.17) is 12.2 Å². The van der Waals surface area contributed by atoms with Crippen molar-refractivity contribution in [2.24, 2.45) is 0 Å². The molecule has 0 spiro atoms. The average molecular weight is 270 g/mol. The molecule has 0 aliphatic carbocycles. The van der Waals surface area contributed by atoms with Crippen molar-refractivity contribution >= 4 is 15.8 Å². The molecule has 3 N–H and O–H groups in total. The van der Waals surface area contributed by atoms with Gasteiger partial charge in [-0.3, -0.25) is 4.68 Å². The second-order valence-electron chi connectivity index (χ2n) is 3.79. The molecule has 1 aromatic heterocycles. The average Bonchev–Trinajstić information content (AvgIpc) is 2.71. The van der Waals surface area contributed by atoms with Crippen LogP contribution in [0.15, 0.2) is 11.1 Å². The molecule has 0 saturated carbocycles. The largest absolute Gasteiger partial charge is 0.381 e. The van der Waals surface area contributed by atoms with Crippen LogP contribution in [0.2, 0.25) is 0 Å². The molecule has 100 valence electrons. The number of nitrogens with zero attached hydrogens (tertiary/aromatic N) is 2. The fourth-order valence-electron chi connectivity index (χ4n) is 1.42. The van der Waals surface area contributed by atoms with E-state index in [1.54, 1.807) is 0 Å². The quantitative estimate of drug-likeness (QED) is 0.560. The summed E-state index contributed by atoms with van der Waals surface area (Å²) in [5.41, 5.74) is 5.58. The van der Waals surface area contributed by atoms with Crippen LogP contribution in [0.3, 0.4) is 0 Å². The highest BCUT2D eigenvalue weighted by Crippen LogP contribution is 2.15. The molecular formula is C11H18N4O2S. The van der Waals surface area contributed by atoms with E-state index in [0.717, 1.165) is 6.42 Å². The summed E-state index contributed by atoms with van der Waals surface area (Å²) in [4.78, 5) is 0.0290.